The average molecular weight is 597 g/mol. The molecule has 7 nitrogen and oxygen atoms in total. The van der Waals surface area contributed by atoms with E-state index in [4.69, 9.17) is 4.74 Å². The maximum absolute atomic E-state index is 14.3. The summed E-state index contributed by atoms with van der Waals surface area (Å²) in [6, 6.07) is 23.1. The van der Waals surface area contributed by atoms with Crippen molar-refractivity contribution in [2.75, 3.05) is 25.1 Å². The van der Waals surface area contributed by atoms with Gasteiger partial charge in [0.25, 0.3) is 0 Å². The van der Waals surface area contributed by atoms with Crippen molar-refractivity contribution in [1.29, 1.82) is 0 Å². The number of urea groups is 1. The Kier molecular flexibility index (Phi) is 9.07. The molecule has 1 spiro atoms. The van der Waals surface area contributed by atoms with E-state index in [1.54, 1.807) is 11.0 Å². The SMILES string of the molecule is COC(=O)CCc1ccccc1-c1cccc(CN2CCC3(CC2)C(NC2CCCCC2)=NC(=O)N3c2cccc(F)c2)c1. The van der Waals surface area contributed by atoms with Crippen LogP contribution in [0, 0.1) is 5.82 Å². The molecule has 1 saturated carbocycles. The standard InChI is InChI=1S/C36H41FN4O3/c1-44-33(42)18-17-27-10-5-6-16-32(27)28-11-7-9-26(23-28)25-40-21-19-36(20-22-40)34(38-30-13-3-2-4-14-30)39-35(43)41(36)31-15-8-12-29(37)24-31/h5-12,15-16,23-24,30H,2-4,13-14,17-22,25H2,1H3,(H,38,39,43). The maximum Gasteiger partial charge on any atom is 0.350 e. The molecule has 1 N–H and O–H groups in total. The number of aliphatic imine (C=N–C) groups is 1. The monoisotopic (exact) mass is 596 g/mol. The fourth-order valence-corrected chi connectivity index (χ4v) is 7.11. The zero-order valence-corrected chi connectivity index (χ0v) is 25.4. The van der Waals surface area contributed by atoms with Crippen LogP contribution in [-0.2, 0) is 22.5 Å². The Hall–Kier alpha value is -4.04. The Morgan fingerprint density at radius 1 is 1.00 bits per heavy atom. The molecule has 2 fully saturated rings. The second-order valence-electron chi connectivity index (χ2n) is 12.3. The Bertz CT molecular complexity index is 1530. The summed E-state index contributed by atoms with van der Waals surface area (Å²) in [6.07, 6.45) is 8.17. The van der Waals surface area contributed by atoms with Crippen molar-refractivity contribution in [3.63, 3.8) is 0 Å². The first-order chi connectivity index (χ1) is 21.4. The van der Waals surface area contributed by atoms with E-state index < -0.39 is 5.54 Å². The molecular formula is C36H41FN4O3. The summed E-state index contributed by atoms with van der Waals surface area (Å²) >= 11 is 0. The molecule has 0 atom stereocenters. The molecule has 44 heavy (non-hydrogen) atoms. The van der Waals surface area contributed by atoms with E-state index in [1.165, 1.54) is 44.1 Å². The van der Waals surface area contributed by atoms with Gasteiger partial charge in [-0.3, -0.25) is 14.6 Å². The number of nitrogens with one attached hydrogen (secondary N) is 1. The number of anilines is 1. The third kappa shape index (κ3) is 6.41. The number of nitrogens with zero attached hydrogens (tertiary/aromatic N) is 3. The predicted octanol–water partition coefficient (Wildman–Crippen LogP) is 6.89. The van der Waals surface area contributed by atoms with Crippen molar-refractivity contribution in [3.8, 4) is 11.1 Å². The number of likely N-dealkylation sites (tertiary alicyclic amines) is 1. The molecule has 6 rings (SSSR count). The van der Waals surface area contributed by atoms with Crippen molar-refractivity contribution >= 4 is 23.5 Å². The molecule has 8 heteroatoms. The molecule has 1 saturated heterocycles. The van der Waals surface area contributed by atoms with Gasteiger partial charge in [-0.05, 0) is 78.6 Å². The third-order valence-corrected chi connectivity index (χ3v) is 9.45. The molecule has 3 aliphatic rings. The van der Waals surface area contributed by atoms with Gasteiger partial charge in [-0.15, -0.1) is 0 Å². The molecule has 1 aliphatic carbocycles. The number of esters is 1. The number of carbonyl (C=O) groups is 2. The van der Waals surface area contributed by atoms with Crippen LogP contribution in [0.4, 0.5) is 14.9 Å². The van der Waals surface area contributed by atoms with E-state index in [-0.39, 0.29) is 17.8 Å². The molecule has 2 heterocycles. The number of methoxy groups -OCH3 is 1. The highest BCUT2D eigenvalue weighted by atomic mass is 19.1. The lowest BCUT2D eigenvalue weighted by molar-refractivity contribution is -0.140. The minimum atomic E-state index is -0.612. The smallest absolute Gasteiger partial charge is 0.350 e. The lowest BCUT2D eigenvalue weighted by Crippen LogP contribution is -2.62. The van der Waals surface area contributed by atoms with Crippen LogP contribution in [0.3, 0.4) is 0 Å². The first-order valence-corrected chi connectivity index (χ1v) is 15.9. The van der Waals surface area contributed by atoms with Crippen LogP contribution in [0.2, 0.25) is 0 Å². The minimum absolute atomic E-state index is 0.210. The minimum Gasteiger partial charge on any atom is -0.469 e. The average Bonchev–Trinajstić information content (AvgIpc) is 3.31. The summed E-state index contributed by atoms with van der Waals surface area (Å²) in [6.45, 7) is 2.35. The van der Waals surface area contributed by atoms with Crippen molar-refractivity contribution in [3.05, 3.63) is 89.7 Å². The number of hydrogen-bond acceptors (Lipinski definition) is 5. The van der Waals surface area contributed by atoms with Gasteiger partial charge in [-0.2, -0.15) is 4.99 Å². The molecule has 230 valence electrons. The van der Waals surface area contributed by atoms with Gasteiger partial charge in [0, 0.05) is 37.8 Å². The lowest BCUT2D eigenvalue weighted by atomic mass is 9.83. The zero-order valence-electron chi connectivity index (χ0n) is 25.4. The van der Waals surface area contributed by atoms with Crippen LogP contribution in [0.1, 0.15) is 62.5 Å². The predicted molar refractivity (Wildman–Crippen MR) is 171 cm³/mol. The van der Waals surface area contributed by atoms with Gasteiger partial charge in [0.2, 0.25) is 0 Å². The second-order valence-corrected chi connectivity index (χ2v) is 12.3. The van der Waals surface area contributed by atoms with Crippen LogP contribution < -0.4 is 10.2 Å². The first kappa shape index (κ1) is 30.0. The van der Waals surface area contributed by atoms with Crippen molar-refractivity contribution in [1.82, 2.24) is 10.2 Å². The molecule has 2 aliphatic heterocycles. The summed E-state index contributed by atoms with van der Waals surface area (Å²) in [7, 11) is 1.42. The Labute approximate surface area is 259 Å². The van der Waals surface area contributed by atoms with Gasteiger partial charge in [0.05, 0.1) is 7.11 Å². The summed E-state index contributed by atoms with van der Waals surface area (Å²) in [4.78, 5) is 33.9. The zero-order chi connectivity index (χ0) is 30.5. The van der Waals surface area contributed by atoms with Crippen molar-refractivity contribution in [2.24, 2.45) is 4.99 Å². The highest BCUT2D eigenvalue weighted by molar-refractivity contribution is 6.16. The van der Waals surface area contributed by atoms with Crippen LogP contribution in [0.15, 0.2) is 77.8 Å². The maximum atomic E-state index is 14.3. The molecule has 0 bridgehead atoms. The van der Waals surface area contributed by atoms with Gasteiger partial charge < -0.3 is 10.1 Å². The Morgan fingerprint density at radius 2 is 1.77 bits per heavy atom. The van der Waals surface area contributed by atoms with Gasteiger partial charge in [-0.1, -0.05) is 67.8 Å². The molecule has 0 radical (unpaired) electrons. The topological polar surface area (TPSA) is 74.2 Å². The van der Waals surface area contributed by atoms with E-state index in [0.29, 0.717) is 37.4 Å². The van der Waals surface area contributed by atoms with Crippen LogP contribution in [0.25, 0.3) is 11.1 Å². The quantitative estimate of drug-likeness (QED) is 0.287. The molecule has 3 aromatic carbocycles. The van der Waals surface area contributed by atoms with Crippen LogP contribution >= 0.6 is 0 Å². The summed E-state index contributed by atoms with van der Waals surface area (Å²) in [5, 5.41) is 3.69. The number of ether oxygens (including phenoxy) is 1. The number of rotatable bonds is 8. The normalized spacial score (nSPS) is 18.8. The number of hydrogen-bond donors (Lipinski definition) is 1. The van der Waals surface area contributed by atoms with Crippen LogP contribution in [-0.4, -0.2) is 54.5 Å². The van der Waals surface area contributed by atoms with Gasteiger partial charge in [-0.25, -0.2) is 9.18 Å². The molecule has 3 aromatic rings. The van der Waals surface area contributed by atoms with Crippen molar-refractivity contribution in [2.45, 2.75) is 75.9 Å². The van der Waals surface area contributed by atoms with E-state index in [0.717, 1.165) is 55.0 Å². The second kappa shape index (κ2) is 13.3. The van der Waals surface area contributed by atoms with Gasteiger partial charge in [0.1, 0.15) is 17.2 Å². The number of amidine groups is 1. The first-order valence-electron chi connectivity index (χ1n) is 15.9. The number of aryl methyl sites for hydroxylation is 1. The van der Waals surface area contributed by atoms with Gasteiger partial charge >= 0.3 is 12.0 Å². The molecule has 0 aromatic heterocycles. The summed E-state index contributed by atoms with van der Waals surface area (Å²) < 4.78 is 19.2. The van der Waals surface area contributed by atoms with E-state index in [1.807, 2.05) is 18.2 Å². The number of halogens is 1. The van der Waals surface area contributed by atoms with E-state index in [9.17, 15) is 14.0 Å². The summed E-state index contributed by atoms with van der Waals surface area (Å²) in [5.74, 6) is 0.186. The van der Waals surface area contributed by atoms with Crippen molar-refractivity contribution < 1.29 is 18.7 Å². The lowest BCUT2D eigenvalue weighted by Gasteiger charge is -2.45. The number of amides is 2. The van der Waals surface area contributed by atoms with Crippen LogP contribution in [0.5, 0.6) is 0 Å². The summed E-state index contributed by atoms with van der Waals surface area (Å²) in [5.41, 5.74) is 4.53. The highest BCUT2D eigenvalue weighted by Gasteiger charge is 2.52. The van der Waals surface area contributed by atoms with E-state index >= 15 is 0 Å². The largest absolute Gasteiger partial charge is 0.469 e. The number of benzene rings is 3. The Balaban J connectivity index is 1.19. The third-order valence-electron chi connectivity index (χ3n) is 9.45. The highest BCUT2D eigenvalue weighted by Crippen LogP contribution is 2.40. The van der Waals surface area contributed by atoms with E-state index in [2.05, 4.69) is 51.6 Å². The molecule has 2 amide bonds. The number of piperidine rings is 1. The fraction of sp³-hybridized carbons (Fsp3) is 0.417. The fourth-order valence-electron chi connectivity index (χ4n) is 7.11. The number of carbonyl (C=O) groups excluding carboxylic acids is 2. The van der Waals surface area contributed by atoms with Gasteiger partial charge in [0.15, 0.2) is 0 Å². The molecular weight excluding hydrogens is 555 g/mol. The molecule has 0 unspecified atom stereocenters. The Morgan fingerprint density at radius 3 is 2.55 bits per heavy atom.